The van der Waals surface area contributed by atoms with Crippen LogP contribution in [0, 0.1) is 0 Å². The Bertz CT molecular complexity index is 1080. The molecule has 0 saturated carbocycles. The second-order valence-corrected chi connectivity index (χ2v) is 8.99. The van der Waals surface area contributed by atoms with Gasteiger partial charge in [0.1, 0.15) is 11.4 Å². The van der Waals surface area contributed by atoms with Crippen molar-refractivity contribution in [3.63, 3.8) is 0 Å². The minimum Gasteiger partial charge on any atom is -0.495 e. The molecule has 0 fully saturated rings. The summed E-state index contributed by atoms with van der Waals surface area (Å²) in [6.45, 7) is 6.35. The first-order valence-electron chi connectivity index (χ1n) is 9.89. The predicted octanol–water partition coefficient (Wildman–Crippen LogP) is 5.46. The van der Waals surface area contributed by atoms with Crippen LogP contribution in [0.25, 0.3) is 6.08 Å². The lowest BCUT2D eigenvalue weighted by Crippen LogP contribution is -2.30. The Kier molecular flexibility index (Phi) is 6.92. The van der Waals surface area contributed by atoms with Crippen molar-refractivity contribution in [1.82, 2.24) is 5.32 Å². The molecular formula is C25H26N2O3S. The minimum absolute atomic E-state index is 0.00609. The minimum atomic E-state index is -0.433. The summed E-state index contributed by atoms with van der Waals surface area (Å²) in [7, 11) is 1.54. The van der Waals surface area contributed by atoms with Gasteiger partial charge in [-0.25, -0.2) is 0 Å². The Labute approximate surface area is 186 Å². The zero-order chi connectivity index (χ0) is 22.4. The SMILES string of the molecule is COc1ccccc1NC(=O)/C(=C\c1cccs1)NC(=O)c1ccc(C(C)(C)C)cc1. The summed E-state index contributed by atoms with van der Waals surface area (Å²) < 4.78 is 5.30. The monoisotopic (exact) mass is 434 g/mol. The number of hydrogen-bond donors (Lipinski definition) is 2. The van der Waals surface area contributed by atoms with Gasteiger partial charge < -0.3 is 15.4 Å². The zero-order valence-corrected chi connectivity index (χ0v) is 18.9. The van der Waals surface area contributed by atoms with Gasteiger partial charge in [0.15, 0.2) is 0 Å². The Hall–Kier alpha value is -3.38. The molecule has 0 spiro atoms. The first-order valence-corrected chi connectivity index (χ1v) is 10.8. The fraction of sp³-hybridized carbons (Fsp3) is 0.200. The van der Waals surface area contributed by atoms with E-state index in [1.807, 2.05) is 35.7 Å². The topological polar surface area (TPSA) is 67.4 Å². The van der Waals surface area contributed by atoms with E-state index in [9.17, 15) is 9.59 Å². The molecule has 0 unspecified atom stereocenters. The molecule has 160 valence electrons. The number of hydrogen-bond acceptors (Lipinski definition) is 4. The maximum absolute atomic E-state index is 13.0. The van der Waals surface area contributed by atoms with E-state index in [0.717, 1.165) is 10.4 Å². The van der Waals surface area contributed by atoms with Crippen molar-refractivity contribution in [2.24, 2.45) is 0 Å². The number of thiophene rings is 1. The number of amides is 2. The van der Waals surface area contributed by atoms with E-state index in [4.69, 9.17) is 4.74 Å². The molecular weight excluding hydrogens is 408 g/mol. The first-order chi connectivity index (χ1) is 14.8. The normalized spacial score (nSPS) is 11.7. The maximum Gasteiger partial charge on any atom is 0.272 e. The van der Waals surface area contributed by atoms with Crippen LogP contribution in [0.15, 0.2) is 71.7 Å². The number of nitrogens with one attached hydrogen (secondary N) is 2. The van der Waals surface area contributed by atoms with Crippen molar-refractivity contribution >= 4 is 34.9 Å². The molecule has 0 saturated heterocycles. The highest BCUT2D eigenvalue weighted by Gasteiger charge is 2.18. The Morgan fingerprint density at radius 3 is 2.29 bits per heavy atom. The van der Waals surface area contributed by atoms with E-state index >= 15 is 0 Å². The highest BCUT2D eigenvalue weighted by atomic mass is 32.1. The van der Waals surface area contributed by atoms with E-state index in [0.29, 0.717) is 17.0 Å². The van der Waals surface area contributed by atoms with Crippen molar-refractivity contribution in [3.05, 3.63) is 87.7 Å². The molecule has 0 bridgehead atoms. The molecule has 0 aliphatic carbocycles. The molecule has 0 atom stereocenters. The molecule has 2 amide bonds. The van der Waals surface area contributed by atoms with E-state index in [2.05, 4.69) is 31.4 Å². The van der Waals surface area contributed by atoms with Crippen LogP contribution in [-0.4, -0.2) is 18.9 Å². The first kappa shape index (κ1) is 22.3. The molecule has 2 aromatic carbocycles. The summed E-state index contributed by atoms with van der Waals surface area (Å²) in [4.78, 5) is 26.7. The van der Waals surface area contributed by atoms with E-state index in [1.165, 1.54) is 18.4 Å². The summed E-state index contributed by atoms with van der Waals surface area (Å²) in [6.07, 6.45) is 1.66. The molecule has 1 heterocycles. The van der Waals surface area contributed by atoms with Gasteiger partial charge in [-0.3, -0.25) is 9.59 Å². The third-order valence-electron chi connectivity index (χ3n) is 4.69. The highest BCUT2D eigenvalue weighted by molar-refractivity contribution is 7.10. The number of carbonyl (C=O) groups excluding carboxylic acids is 2. The predicted molar refractivity (Wildman–Crippen MR) is 127 cm³/mol. The molecule has 3 aromatic rings. The van der Waals surface area contributed by atoms with Crippen molar-refractivity contribution in [2.75, 3.05) is 12.4 Å². The molecule has 1 aromatic heterocycles. The van der Waals surface area contributed by atoms with Crippen LogP contribution in [0.3, 0.4) is 0 Å². The van der Waals surface area contributed by atoms with E-state index in [-0.39, 0.29) is 17.0 Å². The number of anilines is 1. The third kappa shape index (κ3) is 5.83. The molecule has 0 aliphatic rings. The largest absolute Gasteiger partial charge is 0.495 e. The lowest BCUT2D eigenvalue weighted by Gasteiger charge is -2.19. The molecule has 0 aliphatic heterocycles. The van der Waals surface area contributed by atoms with Crippen molar-refractivity contribution in [2.45, 2.75) is 26.2 Å². The van der Waals surface area contributed by atoms with Crippen LogP contribution in [0.4, 0.5) is 5.69 Å². The zero-order valence-electron chi connectivity index (χ0n) is 18.1. The van der Waals surface area contributed by atoms with Crippen molar-refractivity contribution < 1.29 is 14.3 Å². The van der Waals surface area contributed by atoms with Crippen LogP contribution in [0.2, 0.25) is 0 Å². The van der Waals surface area contributed by atoms with Crippen LogP contribution in [-0.2, 0) is 10.2 Å². The van der Waals surface area contributed by atoms with Crippen molar-refractivity contribution in [1.29, 1.82) is 0 Å². The standard InChI is InChI=1S/C25H26N2O3S/c1-25(2,3)18-13-11-17(12-14-18)23(28)27-21(16-19-8-7-15-31-19)24(29)26-20-9-5-6-10-22(20)30-4/h5-16H,1-4H3,(H,26,29)(H,27,28)/b21-16+. The van der Waals surface area contributed by atoms with Gasteiger partial charge in [-0.2, -0.15) is 0 Å². The van der Waals surface area contributed by atoms with Gasteiger partial charge in [0.05, 0.1) is 12.8 Å². The second kappa shape index (κ2) is 9.62. The summed E-state index contributed by atoms with van der Waals surface area (Å²) in [5, 5.41) is 7.49. The van der Waals surface area contributed by atoms with Gasteiger partial charge in [0, 0.05) is 10.4 Å². The maximum atomic E-state index is 13.0. The Balaban J connectivity index is 1.84. The summed E-state index contributed by atoms with van der Waals surface area (Å²) in [6, 6.07) is 18.3. The quantitative estimate of drug-likeness (QED) is 0.506. The van der Waals surface area contributed by atoms with Gasteiger partial charge >= 0.3 is 0 Å². The van der Waals surface area contributed by atoms with Crippen LogP contribution < -0.4 is 15.4 Å². The number of ether oxygens (including phenoxy) is 1. The molecule has 5 nitrogen and oxygen atoms in total. The van der Waals surface area contributed by atoms with E-state index < -0.39 is 5.91 Å². The van der Waals surface area contributed by atoms with E-state index in [1.54, 1.807) is 36.4 Å². The number of methoxy groups -OCH3 is 1. The number of para-hydroxylation sites is 2. The average molecular weight is 435 g/mol. The molecule has 2 N–H and O–H groups in total. The Morgan fingerprint density at radius 1 is 0.968 bits per heavy atom. The summed E-state index contributed by atoms with van der Waals surface area (Å²) in [5.41, 5.74) is 2.28. The van der Waals surface area contributed by atoms with Gasteiger partial charge in [0.2, 0.25) is 0 Å². The number of benzene rings is 2. The molecule has 0 radical (unpaired) electrons. The smallest absolute Gasteiger partial charge is 0.272 e. The van der Waals surface area contributed by atoms with Gasteiger partial charge in [-0.1, -0.05) is 51.1 Å². The third-order valence-corrected chi connectivity index (χ3v) is 5.51. The summed E-state index contributed by atoms with van der Waals surface area (Å²) >= 11 is 1.48. The number of carbonyl (C=O) groups is 2. The van der Waals surface area contributed by atoms with Crippen LogP contribution in [0.5, 0.6) is 5.75 Å². The van der Waals surface area contributed by atoms with Crippen LogP contribution >= 0.6 is 11.3 Å². The number of rotatable bonds is 6. The molecule has 6 heteroatoms. The van der Waals surface area contributed by atoms with Crippen LogP contribution in [0.1, 0.15) is 41.6 Å². The van der Waals surface area contributed by atoms with Gasteiger partial charge in [-0.15, -0.1) is 11.3 Å². The fourth-order valence-electron chi connectivity index (χ4n) is 2.93. The van der Waals surface area contributed by atoms with Gasteiger partial charge in [0.25, 0.3) is 11.8 Å². The average Bonchev–Trinajstić information content (AvgIpc) is 3.26. The van der Waals surface area contributed by atoms with Gasteiger partial charge in [-0.05, 0) is 52.8 Å². The lowest BCUT2D eigenvalue weighted by atomic mass is 9.87. The second-order valence-electron chi connectivity index (χ2n) is 8.01. The Morgan fingerprint density at radius 2 is 1.68 bits per heavy atom. The van der Waals surface area contributed by atoms with Crippen molar-refractivity contribution in [3.8, 4) is 5.75 Å². The summed E-state index contributed by atoms with van der Waals surface area (Å²) in [5.74, 6) is -0.244. The molecule has 31 heavy (non-hydrogen) atoms. The molecule has 3 rings (SSSR count). The highest BCUT2D eigenvalue weighted by Crippen LogP contribution is 2.24. The fourth-order valence-corrected chi connectivity index (χ4v) is 3.58. The lowest BCUT2D eigenvalue weighted by molar-refractivity contribution is -0.113.